The second-order valence-electron chi connectivity index (χ2n) is 4.55. The summed E-state index contributed by atoms with van der Waals surface area (Å²) < 4.78 is 19.5. The SMILES string of the molecule is CC#CCOc1ccc(C2=CCC(I)C(=O)N2C)c(F)c1. The lowest BCUT2D eigenvalue weighted by Crippen LogP contribution is -2.35. The zero-order chi connectivity index (χ0) is 15.4. The van der Waals surface area contributed by atoms with Crippen LogP contribution in [0.2, 0.25) is 0 Å². The monoisotopic (exact) mass is 399 g/mol. The molecule has 0 N–H and O–H groups in total. The molecule has 0 radical (unpaired) electrons. The highest BCUT2D eigenvalue weighted by Crippen LogP contribution is 2.30. The van der Waals surface area contributed by atoms with Crippen LogP contribution in [0, 0.1) is 17.7 Å². The summed E-state index contributed by atoms with van der Waals surface area (Å²) in [6, 6.07) is 4.64. The molecule has 0 fully saturated rings. The van der Waals surface area contributed by atoms with Crippen molar-refractivity contribution in [2.45, 2.75) is 17.3 Å². The van der Waals surface area contributed by atoms with Crippen molar-refractivity contribution in [2.24, 2.45) is 0 Å². The summed E-state index contributed by atoms with van der Waals surface area (Å²) in [5.41, 5.74) is 1.01. The Morgan fingerprint density at radius 2 is 2.29 bits per heavy atom. The summed E-state index contributed by atoms with van der Waals surface area (Å²) in [7, 11) is 1.67. The second-order valence-corrected chi connectivity index (χ2v) is 6.05. The molecule has 21 heavy (non-hydrogen) atoms. The largest absolute Gasteiger partial charge is 0.481 e. The molecule has 0 saturated heterocycles. The maximum absolute atomic E-state index is 14.2. The highest BCUT2D eigenvalue weighted by atomic mass is 127. The molecule has 5 heteroatoms. The number of nitrogens with zero attached hydrogens (tertiary/aromatic N) is 1. The number of amides is 1. The Balaban J connectivity index is 2.24. The molecule has 1 aliphatic heterocycles. The molecule has 0 bridgehead atoms. The highest BCUT2D eigenvalue weighted by Gasteiger charge is 2.27. The minimum Gasteiger partial charge on any atom is -0.481 e. The second kappa shape index (κ2) is 6.94. The van der Waals surface area contributed by atoms with E-state index in [-0.39, 0.29) is 16.4 Å². The molecule has 1 aliphatic rings. The van der Waals surface area contributed by atoms with Crippen LogP contribution in [0.1, 0.15) is 18.9 Å². The molecule has 3 nitrogen and oxygen atoms in total. The summed E-state index contributed by atoms with van der Waals surface area (Å²) in [5, 5.41) is 0. The first-order valence-corrected chi connectivity index (χ1v) is 7.73. The van der Waals surface area contributed by atoms with Crippen LogP contribution >= 0.6 is 22.6 Å². The van der Waals surface area contributed by atoms with Crippen molar-refractivity contribution in [2.75, 3.05) is 13.7 Å². The molecule has 2 rings (SSSR count). The van der Waals surface area contributed by atoms with Crippen LogP contribution in [0.4, 0.5) is 4.39 Å². The molecule has 110 valence electrons. The number of hydrogen-bond donors (Lipinski definition) is 0. The predicted octanol–water partition coefficient (Wildman–Crippen LogP) is 3.23. The normalized spacial score (nSPS) is 17.9. The minimum absolute atomic E-state index is 0.00829. The van der Waals surface area contributed by atoms with Crippen LogP contribution in [-0.2, 0) is 4.79 Å². The summed E-state index contributed by atoms with van der Waals surface area (Å²) in [4.78, 5) is 13.5. The molecule has 0 spiro atoms. The first kappa shape index (κ1) is 15.8. The smallest absolute Gasteiger partial charge is 0.240 e. The van der Waals surface area contributed by atoms with E-state index in [0.717, 1.165) is 0 Å². The quantitative estimate of drug-likeness (QED) is 0.444. The number of rotatable bonds is 3. The molecular weight excluding hydrogens is 384 g/mol. The zero-order valence-electron chi connectivity index (χ0n) is 11.8. The predicted molar refractivity (Wildman–Crippen MR) is 88.5 cm³/mol. The van der Waals surface area contributed by atoms with E-state index in [1.54, 1.807) is 26.1 Å². The van der Waals surface area contributed by atoms with Gasteiger partial charge in [-0.1, -0.05) is 34.6 Å². The number of ether oxygens (including phenoxy) is 1. The van der Waals surface area contributed by atoms with Gasteiger partial charge < -0.3 is 9.64 Å². The van der Waals surface area contributed by atoms with E-state index in [4.69, 9.17) is 4.74 Å². The Morgan fingerprint density at radius 1 is 1.52 bits per heavy atom. The van der Waals surface area contributed by atoms with E-state index in [1.807, 2.05) is 6.08 Å². The Morgan fingerprint density at radius 3 is 2.95 bits per heavy atom. The van der Waals surface area contributed by atoms with Gasteiger partial charge in [0.15, 0.2) is 0 Å². The van der Waals surface area contributed by atoms with Gasteiger partial charge in [-0.25, -0.2) is 4.39 Å². The van der Waals surface area contributed by atoms with Crippen LogP contribution in [-0.4, -0.2) is 28.4 Å². The summed E-state index contributed by atoms with van der Waals surface area (Å²) >= 11 is 2.10. The van der Waals surface area contributed by atoms with Crippen LogP contribution in [0.5, 0.6) is 5.75 Å². The maximum Gasteiger partial charge on any atom is 0.240 e. The minimum atomic E-state index is -0.408. The van der Waals surface area contributed by atoms with Crippen LogP contribution < -0.4 is 4.74 Å². The van der Waals surface area contributed by atoms with E-state index in [9.17, 15) is 9.18 Å². The number of allylic oxidation sites excluding steroid dienone is 1. The number of carbonyl (C=O) groups is 1. The Bertz CT molecular complexity index is 645. The van der Waals surface area contributed by atoms with Crippen molar-refractivity contribution in [1.29, 1.82) is 0 Å². The average Bonchev–Trinajstić information content (AvgIpc) is 2.46. The van der Waals surface area contributed by atoms with Gasteiger partial charge in [0, 0.05) is 24.4 Å². The highest BCUT2D eigenvalue weighted by molar-refractivity contribution is 14.1. The molecule has 0 saturated carbocycles. The van der Waals surface area contributed by atoms with Gasteiger partial charge in [-0.15, -0.1) is 5.92 Å². The fourth-order valence-electron chi connectivity index (χ4n) is 2.06. The lowest BCUT2D eigenvalue weighted by molar-refractivity contribution is -0.126. The van der Waals surface area contributed by atoms with Gasteiger partial charge in [-0.2, -0.15) is 0 Å². The van der Waals surface area contributed by atoms with E-state index in [1.165, 1.54) is 11.0 Å². The summed E-state index contributed by atoms with van der Waals surface area (Å²) in [6.07, 6.45) is 2.50. The van der Waals surface area contributed by atoms with Crippen molar-refractivity contribution in [3.63, 3.8) is 0 Å². The first-order chi connectivity index (χ1) is 10.0. The average molecular weight is 399 g/mol. The van der Waals surface area contributed by atoms with E-state index < -0.39 is 5.82 Å². The van der Waals surface area contributed by atoms with Crippen molar-refractivity contribution in [3.8, 4) is 17.6 Å². The molecule has 1 aromatic rings. The summed E-state index contributed by atoms with van der Waals surface area (Å²) in [6.45, 7) is 1.95. The van der Waals surface area contributed by atoms with E-state index >= 15 is 0 Å². The Labute approximate surface area is 137 Å². The van der Waals surface area contributed by atoms with Crippen molar-refractivity contribution in [3.05, 3.63) is 35.7 Å². The lowest BCUT2D eigenvalue weighted by atomic mass is 10.0. The van der Waals surface area contributed by atoms with Crippen molar-refractivity contribution >= 4 is 34.2 Å². The van der Waals surface area contributed by atoms with Crippen LogP contribution in [0.15, 0.2) is 24.3 Å². The van der Waals surface area contributed by atoms with E-state index in [2.05, 4.69) is 34.4 Å². The topological polar surface area (TPSA) is 29.5 Å². The third-order valence-corrected chi connectivity index (χ3v) is 4.22. The molecular formula is C16H15FINO2. The lowest BCUT2D eigenvalue weighted by Gasteiger charge is -2.28. The van der Waals surface area contributed by atoms with Crippen molar-refractivity contribution < 1.29 is 13.9 Å². The number of halogens is 2. The molecule has 0 aliphatic carbocycles. The first-order valence-electron chi connectivity index (χ1n) is 6.48. The van der Waals surface area contributed by atoms with Crippen LogP contribution in [0.25, 0.3) is 5.70 Å². The fourth-order valence-corrected chi connectivity index (χ4v) is 2.73. The van der Waals surface area contributed by atoms with Gasteiger partial charge in [0.2, 0.25) is 5.91 Å². The van der Waals surface area contributed by atoms with E-state index in [0.29, 0.717) is 23.4 Å². The van der Waals surface area contributed by atoms with Gasteiger partial charge in [0.25, 0.3) is 0 Å². The zero-order valence-corrected chi connectivity index (χ0v) is 14.0. The number of carbonyl (C=O) groups excluding carboxylic acids is 1. The standard InChI is InChI=1S/C16H15FINO2/c1-3-4-9-21-11-5-6-12(13(17)10-11)15-8-7-14(18)16(20)19(15)2/h5-6,8,10,14H,7,9H2,1-2H3. The number of benzene rings is 1. The molecule has 1 unspecified atom stereocenters. The third-order valence-electron chi connectivity index (χ3n) is 3.18. The van der Waals surface area contributed by atoms with Gasteiger partial charge in [0.1, 0.15) is 18.2 Å². The Hall–Kier alpha value is -1.55. The van der Waals surface area contributed by atoms with Gasteiger partial charge in [0.05, 0.1) is 3.92 Å². The molecule has 1 heterocycles. The van der Waals surface area contributed by atoms with Gasteiger partial charge in [-0.05, 0) is 25.5 Å². The summed E-state index contributed by atoms with van der Waals surface area (Å²) in [5.74, 6) is 5.47. The van der Waals surface area contributed by atoms with Gasteiger partial charge in [-0.3, -0.25) is 4.79 Å². The Kier molecular flexibility index (Phi) is 5.23. The molecule has 1 atom stereocenters. The number of alkyl halides is 1. The third kappa shape index (κ3) is 3.56. The fraction of sp³-hybridized carbons (Fsp3) is 0.312. The van der Waals surface area contributed by atoms with Gasteiger partial charge >= 0.3 is 0 Å². The maximum atomic E-state index is 14.2. The number of hydrogen-bond acceptors (Lipinski definition) is 2. The van der Waals surface area contributed by atoms with Crippen LogP contribution in [0.3, 0.4) is 0 Å². The molecule has 1 aromatic carbocycles. The molecule has 1 amide bonds. The molecule has 0 aromatic heterocycles. The van der Waals surface area contributed by atoms with Crippen molar-refractivity contribution in [1.82, 2.24) is 4.90 Å².